The maximum atomic E-state index is 4.60. The number of nitrogens with zero attached hydrogens (tertiary/aromatic N) is 2. The van der Waals surface area contributed by atoms with E-state index in [9.17, 15) is 0 Å². The average molecular weight is 119 g/mol. The van der Waals surface area contributed by atoms with Crippen molar-refractivity contribution >= 4 is 30.6 Å². The van der Waals surface area contributed by atoms with Crippen molar-refractivity contribution in [1.29, 1.82) is 0 Å². The summed E-state index contributed by atoms with van der Waals surface area (Å²) in [4.78, 5) is 0. The molecule has 0 fully saturated rings. The molecule has 0 atom stereocenters. The first-order chi connectivity index (χ1) is 2.89. The summed E-state index contributed by atoms with van der Waals surface area (Å²) in [6.45, 7) is 0. The average Bonchev–Trinajstić information content (AvgIpc) is 1.86. The molecule has 32 valence electrons. The molecule has 1 heterocycles. The van der Waals surface area contributed by atoms with Crippen LogP contribution in [0.25, 0.3) is 0 Å². The van der Waals surface area contributed by atoms with Crippen LogP contribution in [-0.2, 0) is 12.4 Å². The van der Waals surface area contributed by atoms with E-state index in [1.54, 1.807) is 6.21 Å². The quantitative estimate of drug-likeness (QED) is 0.338. The van der Waals surface area contributed by atoms with E-state index in [0.29, 0.717) is 0 Å². The molecular weight excluding hydrogens is 116 g/mol. The van der Waals surface area contributed by atoms with Crippen LogP contribution in [0.5, 0.6) is 0 Å². The Balaban J connectivity index is 2.59. The molecule has 0 aromatic rings. The highest BCUT2D eigenvalue weighted by molar-refractivity contribution is 7.95. The standard InChI is InChI=1S/C2H3N2S2/c5-4-3-1-2-6-4/h1H,2H2/q+1. The van der Waals surface area contributed by atoms with Crippen molar-refractivity contribution < 1.29 is 3.46 Å². The van der Waals surface area contributed by atoms with Gasteiger partial charge in [0.15, 0.2) is 0 Å². The summed E-state index contributed by atoms with van der Waals surface area (Å²) in [6.07, 6.45) is 1.79. The van der Waals surface area contributed by atoms with Crippen molar-refractivity contribution in [3.8, 4) is 0 Å². The lowest BCUT2D eigenvalue weighted by atomic mass is 10.9. The lowest BCUT2D eigenvalue weighted by Crippen LogP contribution is -1.73. The van der Waals surface area contributed by atoms with Crippen molar-refractivity contribution in [1.82, 2.24) is 0 Å². The van der Waals surface area contributed by atoms with Gasteiger partial charge in [0.1, 0.15) is 5.75 Å². The van der Waals surface area contributed by atoms with Gasteiger partial charge >= 0.3 is 12.4 Å². The molecule has 0 N–H and O–H groups in total. The first kappa shape index (κ1) is 4.21. The minimum Gasteiger partial charge on any atom is 0.0181 e. The van der Waals surface area contributed by atoms with Crippen molar-refractivity contribution in [2.75, 3.05) is 5.75 Å². The second kappa shape index (κ2) is 1.66. The molecular formula is C2H3N2S2+. The molecule has 1 aliphatic rings. The molecule has 0 unspecified atom stereocenters. The van der Waals surface area contributed by atoms with Gasteiger partial charge in [0.25, 0.3) is 0 Å². The summed E-state index contributed by atoms with van der Waals surface area (Å²) < 4.78 is 1.43. The Labute approximate surface area is 45.5 Å². The summed E-state index contributed by atoms with van der Waals surface area (Å²) in [5, 5.41) is 3.72. The van der Waals surface area contributed by atoms with Crippen LogP contribution in [0.4, 0.5) is 0 Å². The van der Waals surface area contributed by atoms with Crippen LogP contribution >= 0.6 is 11.9 Å². The van der Waals surface area contributed by atoms with E-state index in [-0.39, 0.29) is 0 Å². The molecule has 0 saturated carbocycles. The zero-order chi connectivity index (χ0) is 4.41. The van der Waals surface area contributed by atoms with Gasteiger partial charge in [-0.25, -0.2) is 0 Å². The molecule has 1 rings (SSSR count). The zero-order valence-electron chi connectivity index (χ0n) is 3.00. The highest BCUT2D eigenvalue weighted by Crippen LogP contribution is 2.04. The van der Waals surface area contributed by atoms with Crippen molar-refractivity contribution in [3.05, 3.63) is 0 Å². The van der Waals surface area contributed by atoms with E-state index in [4.69, 9.17) is 0 Å². The Hall–Kier alpha value is 0.0400. The van der Waals surface area contributed by atoms with E-state index in [1.165, 1.54) is 15.4 Å². The van der Waals surface area contributed by atoms with E-state index in [2.05, 4.69) is 17.5 Å². The van der Waals surface area contributed by atoms with Crippen molar-refractivity contribution in [3.63, 3.8) is 0 Å². The first-order valence-corrected chi connectivity index (χ1v) is 2.83. The molecule has 0 amide bonds. The Morgan fingerprint density at radius 3 is 3.00 bits per heavy atom. The van der Waals surface area contributed by atoms with Gasteiger partial charge in [0, 0.05) is 5.10 Å². The summed E-state index contributed by atoms with van der Waals surface area (Å²) in [7, 11) is 0. The molecule has 0 spiro atoms. The maximum Gasteiger partial charge on any atom is 0.316 e. The minimum atomic E-state index is 0.934. The predicted octanol–water partition coefficient (Wildman–Crippen LogP) is 0.377. The van der Waals surface area contributed by atoms with Crippen LogP contribution in [0, 0.1) is 0 Å². The fourth-order valence-corrected chi connectivity index (χ4v) is 0.874. The van der Waals surface area contributed by atoms with Gasteiger partial charge in [-0.1, -0.05) is 0 Å². The molecule has 0 aromatic carbocycles. The summed E-state index contributed by atoms with van der Waals surface area (Å²) in [5.74, 6) is 0.934. The van der Waals surface area contributed by atoms with E-state index < -0.39 is 0 Å². The van der Waals surface area contributed by atoms with Gasteiger partial charge < -0.3 is 0 Å². The Morgan fingerprint density at radius 2 is 2.83 bits per heavy atom. The highest BCUT2D eigenvalue weighted by atomic mass is 32.2. The third kappa shape index (κ3) is 0.753. The lowest BCUT2D eigenvalue weighted by molar-refractivity contribution is -0.311. The molecule has 6 heavy (non-hydrogen) atoms. The molecule has 0 aliphatic carbocycles. The minimum absolute atomic E-state index is 0.934. The second-order valence-corrected chi connectivity index (χ2v) is 2.35. The topological polar surface area (TPSA) is 15.4 Å². The fraction of sp³-hybridized carbons (Fsp3) is 0.500. The molecule has 1 aliphatic heterocycles. The van der Waals surface area contributed by atoms with Gasteiger partial charge in [0.05, 0.1) is 9.67 Å². The number of hydrogen-bond acceptors (Lipinski definition) is 2. The molecule has 0 radical (unpaired) electrons. The van der Waals surface area contributed by atoms with Gasteiger partial charge in [-0.2, -0.15) is 0 Å². The summed E-state index contributed by atoms with van der Waals surface area (Å²) in [6, 6.07) is 0. The van der Waals surface area contributed by atoms with Crippen LogP contribution < -0.4 is 0 Å². The molecule has 4 heteroatoms. The van der Waals surface area contributed by atoms with E-state index in [0.717, 1.165) is 5.75 Å². The largest absolute Gasteiger partial charge is 0.316 e. The SMILES string of the molecule is S=[N+]1N=CCS1. The van der Waals surface area contributed by atoms with Crippen LogP contribution in [0.15, 0.2) is 5.10 Å². The third-order valence-electron chi connectivity index (χ3n) is 0.435. The third-order valence-corrected chi connectivity index (χ3v) is 1.46. The second-order valence-electron chi connectivity index (χ2n) is 0.832. The monoisotopic (exact) mass is 119 g/mol. The Bertz CT molecular complexity index is 97.7. The highest BCUT2D eigenvalue weighted by Gasteiger charge is 2.08. The van der Waals surface area contributed by atoms with E-state index in [1.807, 2.05) is 0 Å². The van der Waals surface area contributed by atoms with Crippen molar-refractivity contribution in [2.24, 2.45) is 5.10 Å². The van der Waals surface area contributed by atoms with Crippen LogP contribution in [0.1, 0.15) is 0 Å². The van der Waals surface area contributed by atoms with Crippen LogP contribution in [0.3, 0.4) is 0 Å². The number of hydrogen-bond donors (Lipinski definition) is 0. The van der Waals surface area contributed by atoms with Crippen molar-refractivity contribution in [2.45, 2.75) is 0 Å². The maximum absolute atomic E-state index is 4.60. The van der Waals surface area contributed by atoms with Gasteiger partial charge in [-0.15, -0.1) is 0 Å². The van der Waals surface area contributed by atoms with Gasteiger partial charge in [-0.05, 0) is 0 Å². The fourth-order valence-electron chi connectivity index (χ4n) is 0.230. The Kier molecular flexibility index (Phi) is 1.16. The summed E-state index contributed by atoms with van der Waals surface area (Å²) >= 11 is 6.12. The molecule has 2 nitrogen and oxygen atoms in total. The predicted molar refractivity (Wildman–Crippen MR) is 28.6 cm³/mol. The number of hydrazone groups is 1. The van der Waals surface area contributed by atoms with Gasteiger partial charge in [-0.3, -0.25) is 0 Å². The number of rotatable bonds is 0. The molecule has 0 aromatic heterocycles. The van der Waals surface area contributed by atoms with E-state index >= 15 is 0 Å². The Morgan fingerprint density at radius 1 is 2.00 bits per heavy atom. The van der Waals surface area contributed by atoms with Crippen LogP contribution in [-0.4, -0.2) is 15.4 Å². The molecule has 0 saturated heterocycles. The van der Waals surface area contributed by atoms with Crippen LogP contribution in [0.2, 0.25) is 0 Å². The first-order valence-electron chi connectivity index (χ1n) is 1.52. The van der Waals surface area contributed by atoms with Gasteiger partial charge in [0.2, 0.25) is 11.9 Å². The lowest BCUT2D eigenvalue weighted by Gasteiger charge is -1.61. The smallest absolute Gasteiger partial charge is 0.0181 e. The summed E-state index contributed by atoms with van der Waals surface area (Å²) in [5.41, 5.74) is 0. The molecule has 0 bridgehead atoms. The zero-order valence-corrected chi connectivity index (χ0v) is 4.63. The normalized spacial score (nSPS) is 19.7.